The molecule has 1 aromatic heterocycles. The number of aromatic nitrogens is 1. The lowest BCUT2D eigenvalue weighted by Crippen LogP contribution is -2.35. The molecule has 0 bridgehead atoms. The highest BCUT2D eigenvalue weighted by Gasteiger charge is 2.18. The van der Waals surface area contributed by atoms with Gasteiger partial charge in [-0.25, -0.2) is 0 Å². The summed E-state index contributed by atoms with van der Waals surface area (Å²) in [4.78, 5) is 12.4. The lowest BCUT2D eigenvalue weighted by molar-refractivity contribution is -0.117. The highest BCUT2D eigenvalue weighted by Crippen LogP contribution is 2.19. The number of carbonyl (C=O) groups excluding carboxylic acids is 1. The second-order valence-electron chi connectivity index (χ2n) is 6.22. The Morgan fingerprint density at radius 2 is 1.95 bits per heavy atom. The number of hydrogen-bond donors (Lipinski definition) is 1. The fraction of sp³-hybridized carbons (Fsp3) is 0.556. The van der Waals surface area contributed by atoms with Gasteiger partial charge in [-0.2, -0.15) is 5.26 Å². The molecule has 1 saturated carbocycles. The number of nitrogens with one attached hydrogen (secondary N) is 1. The Morgan fingerprint density at radius 3 is 2.45 bits per heavy atom. The third-order valence-electron chi connectivity index (χ3n) is 4.67. The molecule has 4 nitrogen and oxygen atoms in total. The Hall–Kier alpha value is -2.02. The lowest BCUT2D eigenvalue weighted by atomic mass is 10.1. The third-order valence-corrected chi connectivity index (χ3v) is 4.67. The van der Waals surface area contributed by atoms with E-state index in [0.717, 1.165) is 42.6 Å². The number of nitriles is 1. The van der Waals surface area contributed by atoms with E-state index in [4.69, 9.17) is 0 Å². The van der Waals surface area contributed by atoms with Gasteiger partial charge in [-0.1, -0.05) is 25.7 Å². The van der Waals surface area contributed by atoms with Crippen molar-refractivity contribution < 1.29 is 4.79 Å². The fourth-order valence-corrected chi connectivity index (χ4v) is 3.02. The van der Waals surface area contributed by atoms with E-state index in [9.17, 15) is 10.1 Å². The molecule has 1 fully saturated rings. The molecule has 1 amide bonds. The van der Waals surface area contributed by atoms with E-state index >= 15 is 0 Å². The van der Waals surface area contributed by atoms with Crippen molar-refractivity contribution in [3.63, 3.8) is 0 Å². The minimum absolute atomic E-state index is 0.193. The molecule has 0 aliphatic heterocycles. The number of rotatable bonds is 3. The van der Waals surface area contributed by atoms with Crippen LogP contribution in [-0.4, -0.2) is 16.5 Å². The van der Waals surface area contributed by atoms with Gasteiger partial charge in [0.2, 0.25) is 0 Å². The molecule has 1 aliphatic carbocycles. The van der Waals surface area contributed by atoms with Crippen LogP contribution in [0.15, 0.2) is 11.6 Å². The van der Waals surface area contributed by atoms with Gasteiger partial charge in [0.25, 0.3) is 5.91 Å². The minimum atomic E-state index is -0.240. The first-order valence-electron chi connectivity index (χ1n) is 8.08. The predicted molar refractivity (Wildman–Crippen MR) is 88.1 cm³/mol. The smallest absolute Gasteiger partial charge is 0.262 e. The number of aryl methyl sites for hydroxylation is 1. The highest BCUT2D eigenvalue weighted by atomic mass is 16.1. The van der Waals surface area contributed by atoms with Gasteiger partial charge in [0.15, 0.2) is 0 Å². The van der Waals surface area contributed by atoms with Crippen LogP contribution in [0.4, 0.5) is 0 Å². The van der Waals surface area contributed by atoms with E-state index < -0.39 is 0 Å². The van der Waals surface area contributed by atoms with E-state index in [0.29, 0.717) is 0 Å². The second kappa shape index (κ2) is 7.31. The molecular formula is C18H25N3O. The lowest BCUT2D eigenvalue weighted by Gasteiger charge is -2.15. The van der Waals surface area contributed by atoms with Gasteiger partial charge in [-0.3, -0.25) is 4.79 Å². The Kier molecular flexibility index (Phi) is 5.43. The van der Waals surface area contributed by atoms with Crippen molar-refractivity contribution >= 4 is 12.0 Å². The van der Waals surface area contributed by atoms with Gasteiger partial charge in [-0.15, -0.1) is 0 Å². The average molecular weight is 299 g/mol. The van der Waals surface area contributed by atoms with Crippen molar-refractivity contribution in [2.24, 2.45) is 7.05 Å². The van der Waals surface area contributed by atoms with Crippen molar-refractivity contribution in [2.75, 3.05) is 0 Å². The predicted octanol–water partition coefficient (Wildman–Crippen LogP) is 3.39. The van der Waals surface area contributed by atoms with Crippen LogP contribution in [0.2, 0.25) is 0 Å². The molecule has 118 valence electrons. The molecule has 4 heteroatoms. The van der Waals surface area contributed by atoms with Crippen LogP contribution < -0.4 is 5.32 Å². The average Bonchev–Trinajstić information content (AvgIpc) is 2.70. The maximum Gasteiger partial charge on any atom is 0.262 e. The summed E-state index contributed by atoms with van der Waals surface area (Å²) < 4.78 is 2.06. The molecular weight excluding hydrogens is 274 g/mol. The van der Waals surface area contributed by atoms with E-state index in [2.05, 4.69) is 16.0 Å². The highest BCUT2D eigenvalue weighted by molar-refractivity contribution is 6.02. The first-order valence-corrected chi connectivity index (χ1v) is 8.08. The van der Waals surface area contributed by atoms with Gasteiger partial charge in [0.05, 0.1) is 0 Å². The van der Waals surface area contributed by atoms with Crippen molar-refractivity contribution in [3.05, 3.63) is 28.6 Å². The van der Waals surface area contributed by atoms with Crippen LogP contribution in [0.25, 0.3) is 6.08 Å². The number of hydrogen-bond acceptors (Lipinski definition) is 2. The molecule has 0 saturated heterocycles. The van der Waals surface area contributed by atoms with Crippen molar-refractivity contribution in [1.29, 1.82) is 5.26 Å². The van der Waals surface area contributed by atoms with Crippen molar-refractivity contribution in [3.8, 4) is 6.07 Å². The Bertz CT molecular complexity index is 611. The van der Waals surface area contributed by atoms with Crippen LogP contribution >= 0.6 is 0 Å². The Morgan fingerprint density at radius 1 is 1.32 bits per heavy atom. The summed E-state index contributed by atoms with van der Waals surface area (Å²) in [6.45, 7) is 4.01. The Labute approximate surface area is 132 Å². The summed E-state index contributed by atoms with van der Waals surface area (Å²) in [5.41, 5.74) is 3.31. The molecule has 0 atom stereocenters. The molecule has 2 rings (SSSR count). The SMILES string of the molecule is Cc1cc(/C=C(\C#N)C(=O)NC2CCCCCC2)c(C)n1C. The molecule has 1 aliphatic rings. The van der Waals surface area contributed by atoms with E-state index in [-0.39, 0.29) is 17.5 Å². The standard InChI is InChI=1S/C18H25N3O/c1-13-10-15(14(2)21(13)3)11-16(12-19)18(22)20-17-8-6-4-5-7-9-17/h10-11,17H,4-9H2,1-3H3,(H,20,22)/b16-11+. The zero-order chi connectivity index (χ0) is 16.1. The summed E-state index contributed by atoms with van der Waals surface area (Å²) in [5, 5.41) is 12.4. The quantitative estimate of drug-likeness (QED) is 0.528. The molecule has 1 N–H and O–H groups in total. The third kappa shape index (κ3) is 3.79. The van der Waals surface area contributed by atoms with E-state index in [1.54, 1.807) is 6.08 Å². The number of amides is 1. The van der Waals surface area contributed by atoms with Crippen molar-refractivity contribution in [1.82, 2.24) is 9.88 Å². The first kappa shape index (κ1) is 16.4. The number of nitrogens with zero attached hydrogens (tertiary/aromatic N) is 2. The zero-order valence-corrected chi connectivity index (χ0v) is 13.8. The maximum absolute atomic E-state index is 12.4. The van der Waals surface area contributed by atoms with Crippen LogP contribution in [-0.2, 0) is 11.8 Å². The fourth-order valence-electron chi connectivity index (χ4n) is 3.02. The number of carbonyl (C=O) groups is 1. The maximum atomic E-state index is 12.4. The van der Waals surface area contributed by atoms with Crippen LogP contribution in [0.3, 0.4) is 0 Å². The van der Waals surface area contributed by atoms with Gasteiger partial charge < -0.3 is 9.88 Å². The summed E-state index contributed by atoms with van der Waals surface area (Å²) in [7, 11) is 1.99. The zero-order valence-electron chi connectivity index (χ0n) is 13.8. The molecule has 0 spiro atoms. The summed E-state index contributed by atoms with van der Waals surface area (Å²) in [6.07, 6.45) is 8.56. The Balaban J connectivity index is 2.13. The minimum Gasteiger partial charge on any atom is -0.352 e. The van der Waals surface area contributed by atoms with Gasteiger partial charge >= 0.3 is 0 Å². The first-order chi connectivity index (χ1) is 10.5. The van der Waals surface area contributed by atoms with Gasteiger partial charge in [-0.05, 0) is 44.4 Å². The van der Waals surface area contributed by atoms with Crippen LogP contribution in [0.5, 0.6) is 0 Å². The van der Waals surface area contributed by atoms with Gasteiger partial charge in [0.1, 0.15) is 11.6 Å². The summed E-state index contributed by atoms with van der Waals surface area (Å²) in [5.74, 6) is -0.240. The summed E-state index contributed by atoms with van der Waals surface area (Å²) >= 11 is 0. The van der Waals surface area contributed by atoms with E-state index in [1.807, 2.05) is 27.0 Å². The summed E-state index contributed by atoms with van der Waals surface area (Å²) in [6, 6.07) is 4.27. The monoisotopic (exact) mass is 299 g/mol. The van der Waals surface area contributed by atoms with E-state index in [1.165, 1.54) is 12.8 Å². The van der Waals surface area contributed by atoms with Gasteiger partial charge in [0, 0.05) is 24.5 Å². The molecule has 1 aromatic rings. The largest absolute Gasteiger partial charge is 0.352 e. The molecule has 0 radical (unpaired) electrons. The molecule has 22 heavy (non-hydrogen) atoms. The van der Waals surface area contributed by atoms with Crippen LogP contribution in [0.1, 0.15) is 55.5 Å². The molecule has 0 unspecified atom stereocenters. The van der Waals surface area contributed by atoms with Crippen molar-refractivity contribution in [2.45, 2.75) is 58.4 Å². The molecule has 0 aromatic carbocycles. The van der Waals surface area contributed by atoms with Crippen LogP contribution in [0, 0.1) is 25.2 Å². The topological polar surface area (TPSA) is 57.8 Å². The molecule has 1 heterocycles. The normalized spacial score (nSPS) is 16.9. The second-order valence-corrected chi connectivity index (χ2v) is 6.22.